The zero-order chi connectivity index (χ0) is 20.5. The van der Waals surface area contributed by atoms with Crippen molar-refractivity contribution in [1.29, 1.82) is 0 Å². The summed E-state index contributed by atoms with van der Waals surface area (Å²) < 4.78 is 15.4. The first-order valence-corrected chi connectivity index (χ1v) is 10.4. The molecule has 1 saturated heterocycles. The number of fused-ring (bicyclic) bond motifs is 1. The van der Waals surface area contributed by atoms with Crippen molar-refractivity contribution < 1.29 is 14.0 Å². The second kappa shape index (κ2) is 8.05. The van der Waals surface area contributed by atoms with E-state index >= 15 is 0 Å². The number of halogens is 2. The fourth-order valence-corrected chi connectivity index (χ4v) is 4.49. The first-order valence-electron chi connectivity index (χ1n) is 9.25. The molecule has 148 valence electrons. The van der Waals surface area contributed by atoms with Crippen molar-refractivity contribution >= 4 is 51.5 Å². The largest absolute Gasteiger partial charge is 0.342 e. The van der Waals surface area contributed by atoms with E-state index in [4.69, 9.17) is 11.6 Å². The molecule has 0 unspecified atom stereocenters. The standard InChI is InChI=1S/C22H18ClFN2O2S/c1-2-9-26-21(27)20(29-22(26)28)10-15-13-25(19-6-4-3-5-17(15)19)12-14-7-8-16(24)11-18(14)23/h3-8,10-11,13H,2,9,12H2,1H3/b20-10-. The van der Waals surface area contributed by atoms with E-state index < -0.39 is 0 Å². The van der Waals surface area contributed by atoms with Crippen LogP contribution in [0.25, 0.3) is 17.0 Å². The Hall–Kier alpha value is -2.57. The number of thioether (sulfide) groups is 1. The molecule has 1 aromatic heterocycles. The molecule has 4 nitrogen and oxygen atoms in total. The van der Waals surface area contributed by atoms with Crippen LogP contribution in [0, 0.1) is 5.82 Å². The summed E-state index contributed by atoms with van der Waals surface area (Å²) in [5, 5.41) is 1.10. The molecule has 3 aromatic rings. The molecule has 0 aliphatic carbocycles. The number of hydrogen-bond acceptors (Lipinski definition) is 3. The molecule has 7 heteroatoms. The molecular formula is C22H18ClFN2O2S. The summed E-state index contributed by atoms with van der Waals surface area (Å²) in [5.74, 6) is -0.625. The summed E-state index contributed by atoms with van der Waals surface area (Å²) in [6.07, 6.45) is 4.42. The van der Waals surface area contributed by atoms with Gasteiger partial charge in [0, 0.05) is 40.8 Å². The van der Waals surface area contributed by atoms with Crippen molar-refractivity contribution in [2.75, 3.05) is 6.54 Å². The lowest BCUT2D eigenvalue weighted by atomic mass is 10.1. The van der Waals surface area contributed by atoms with Crippen molar-refractivity contribution in [2.45, 2.75) is 19.9 Å². The van der Waals surface area contributed by atoms with Crippen LogP contribution in [-0.2, 0) is 11.3 Å². The number of carbonyl (C=O) groups is 2. The Bertz CT molecular complexity index is 1150. The van der Waals surface area contributed by atoms with Gasteiger partial charge in [-0.2, -0.15) is 0 Å². The predicted molar refractivity (Wildman–Crippen MR) is 115 cm³/mol. The molecule has 0 spiro atoms. The van der Waals surface area contributed by atoms with Gasteiger partial charge in [0.05, 0.1) is 4.91 Å². The topological polar surface area (TPSA) is 42.3 Å². The number of carbonyl (C=O) groups excluding carboxylic acids is 2. The Balaban J connectivity index is 1.73. The van der Waals surface area contributed by atoms with Crippen LogP contribution < -0.4 is 0 Å². The van der Waals surface area contributed by atoms with Gasteiger partial charge in [0.2, 0.25) is 0 Å². The third-order valence-electron chi connectivity index (χ3n) is 4.78. The van der Waals surface area contributed by atoms with Crippen LogP contribution in [0.2, 0.25) is 5.02 Å². The normalized spacial score (nSPS) is 15.8. The lowest BCUT2D eigenvalue weighted by molar-refractivity contribution is -0.122. The number of imide groups is 1. The smallest absolute Gasteiger partial charge is 0.293 e. The molecule has 4 rings (SSSR count). The summed E-state index contributed by atoms with van der Waals surface area (Å²) in [6.45, 7) is 2.82. The molecule has 2 aromatic carbocycles. The molecule has 0 bridgehead atoms. The number of hydrogen-bond donors (Lipinski definition) is 0. The van der Waals surface area contributed by atoms with E-state index in [1.165, 1.54) is 17.0 Å². The quantitative estimate of drug-likeness (QED) is 0.473. The number of benzene rings is 2. The van der Waals surface area contributed by atoms with Gasteiger partial charge in [-0.05, 0) is 48.0 Å². The van der Waals surface area contributed by atoms with E-state index in [1.54, 1.807) is 12.1 Å². The van der Waals surface area contributed by atoms with Crippen LogP contribution >= 0.6 is 23.4 Å². The average molecular weight is 429 g/mol. The fraction of sp³-hybridized carbons (Fsp3) is 0.182. The van der Waals surface area contributed by atoms with Gasteiger partial charge in [-0.25, -0.2) is 4.39 Å². The van der Waals surface area contributed by atoms with Crippen molar-refractivity contribution in [1.82, 2.24) is 9.47 Å². The number of amides is 2. The number of rotatable bonds is 5. The third kappa shape index (κ3) is 3.82. The predicted octanol–water partition coefficient (Wildman–Crippen LogP) is 5.93. The van der Waals surface area contributed by atoms with Gasteiger partial charge in [0.1, 0.15) is 5.82 Å². The Morgan fingerprint density at radius 2 is 1.97 bits per heavy atom. The fourth-order valence-electron chi connectivity index (χ4n) is 3.41. The van der Waals surface area contributed by atoms with Crippen LogP contribution in [0.5, 0.6) is 0 Å². The molecule has 2 heterocycles. The zero-order valence-corrected chi connectivity index (χ0v) is 17.3. The molecule has 1 aliphatic heterocycles. The second-order valence-electron chi connectivity index (χ2n) is 6.80. The second-order valence-corrected chi connectivity index (χ2v) is 8.20. The van der Waals surface area contributed by atoms with Gasteiger partial charge in [0.25, 0.3) is 11.1 Å². The Labute approximate surface area is 176 Å². The summed E-state index contributed by atoms with van der Waals surface area (Å²) in [4.78, 5) is 26.4. The van der Waals surface area contributed by atoms with Crippen molar-refractivity contribution in [3.8, 4) is 0 Å². The maximum Gasteiger partial charge on any atom is 0.293 e. The summed E-state index contributed by atoms with van der Waals surface area (Å²) >= 11 is 7.17. The Kier molecular flexibility index (Phi) is 5.48. The zero-order valence-electron chi connectivity index (χ0n) is 15.7. The number of aromatic nitrogens is 1. The Morgan fingerprint density at radius 3 is 2.72 bits per heavy atom. The first kappa shape index (κ1) is 19.7. The van der Waals surface area contributed by atoms with E-state index in [2.05, 4.69) is 0 Å². The summed E-state index contributed by atoms with van der Waals surface area (Å²) in [6, 6.07) is 12.2. The number of para-hydroxylation sites is 1. The van der Waals surface area contributed by atoms with E-state index in [0.717, 1.165) is 40.2 Å². The van der Waals surface area contributed by atoms with Crippen molar-refractivity contribution in [3.63, 3.8) is 0 Å². The maximum atomic E-state index is 13.4. The minimum atomic E-state index is -0.375. The molecule has 0 radical (unpaired) electrons. The van der Waals surface area contributed by atoms with Gasteiger partial charge >= 0.3 is 0 Å². The van der Waals surface area contributed by atoms with Gasteiger partial charge in [-0.1, -0.05) is 42.8 Å². The minimum absolute atomic E-state index is 0.232. The molecule has 29 heavy (non-hydrogen) atoms. The lowest BCUT2D eigenvalue weighted by Gasteiger charge is -2.09. The molecule has 0 atom stereocenters. The minimum Gasteiger partial charge on any atom is -0.342 e. The van der Waals surface area contributed by atoms with Gasteiger partial charge in [-0.15, -0.1) is 0 Å². The van der Waals surface area contributed by atoms with Gasteiger partial charge in [0.15, 0.2) is 0 Å². The van der Waals surface area contributed by atoms with Crippen molar-refractivity contribution in [2.24, 2.45) is 0 Å². The molecule has 1 fully saturated rings. The van der Waals surface area contributed by atoms with Gasteiger partial charge < -0.3 is 4.57 Å². The van der Waals surface area contributed by atoms with Crippen LogP contribution in [0.4, 0.5) is 9.18 Å². The molecule has 0 N–H and O–H groups in total. The van der Waals surface area contributed by atoms with Gasteiger partial charge in [-0.3, -0.25) is 14.5 Å². The molecule has 2 amide bonds. The summed E-state index contributed by atoms with van der Waals surface area (Å²) in [5.41, 5.74) is 2.61. The van der Waals surface area contributed by atoms with Crippen LogP contribution in [-0.4, -0.2) is 27.2 Å². The first-order chi connectivity index (χ1) is 14.0. The van der Waals surface area contributed by atoms with E-state index in [9.17, 15) is 14.0 Å². The van der Waals surface area contributed by atoms with Crippen LogP contribution in [0.15, 0.2) is 53.6 Å². The molecule has 1 aliphatic rings. The highest BCUT2D eigenvalue weighted by Gasteiger charge is 2.34. The van der Waals surface area contributed by atoms with E-state index in [1.807, 2.05) is 42.0 Å². The Morgan fingerprint density at radius 1 is 1.17 bits per heavy atom. The van der Waals surface area contributed by atoms with Crippen molar-refractivity contribution in [3.05, 3.63) is 75.5 Å². The van der Waals surface area contributed by atoms with E-state index in [-0.39, 0.29) is 17.0 Å². The SMILES string of the molecule is CCCN1C(=O)S/C(=C\c2cn(Cc3ccc(F)cc3Cl)c3ccccc23)C1=O. The lowest BCUT2D eigenvalue weighted by Crippen LogP contribution is -2.28. The average Bonchev–Trinajstić information content (AvgIpc) is 3.17. The highest BCUT2D eigenvalue weighted by molar-refractivity contribution is 8.18. The van der Waals surface area contributed by atoms with Crippen LogP contribution in [0.3, 0.4) is 0 Å². The monoisotopic (exact) mass is 428 g/mol. The van der Waals surface area contributed by atoms with E-state index in [0.29, 0.717) is 23.0 Å². The third-order valence-corrected chi connectivity index (χ3v) is 6.04. The summed E-state index contributed by atoms with van der Waals surface area (Å²) in [7, 11) is 0. The molecule has 0 saturated carbocycles. The molecular weight excluding hydrogens is 411 g/mol. The highest BCUT2D eigenvalue weighted by Crippen LogP contribution is 2.34. The number of nitrogens with zero attached hydrogens (tertiary/aromatic N) is 2. The highest BCUT2D eigenvalue weighted by atomic mass is 35.5. The van der Waals surface area contributed by atoms with Crippen LogP contribution in [0.1, 0.15) is 24.5 Å². The maximum absolute atomic E-state index is 13.4.